The summed E-state index contributed by atoms with van der Waals surface area (Å²) in [6, 6.07) is 10.1. The zero-order chi connectivity index (χ0) is 17.4. The lowest BCUT2D eigenvalue weighted by atomic mass is 9.82. The Morgan fingerprint density at radius 2 is 1.92 bits per heavy atom. The molecule has 1 aromatic rings. The summed E-state index contributed by atoms with van der Waals surface area (Å²) < 4.78 is 0. The highest BCUT2D eigenvalue weighted by Gasteiger charge is 2.26. The fourth-order valence-corrected chi connectivity index (χ4v) is 2.97. The van der Waals surface area contributed by atoms with Crippen LogP contribution in [0.2, 0.25) is 0 Å². The van der Waals surface area contributed by atoms with Crippen LogP contribution >= 0.6 is 0 Å². The molecule has 0 heterocycles. The van der Waals surface area contributed by atoms with Crippen molar-refractivity contribution in [1.82, 2.24) is 10.6 Å². The average Bonchev–Trinajstić information content (AvgIpc) is 2.61. The molecule has 0 spiro atoms. The summed E-state index contributed by atoms with van der Waals surface area (Å²) >= 11 is 0. The van der Waals surface area contributed by atoms with Crippen LogP contribution in [0.25, 0.3) is 0 Å². The van der Waals surface area contributed by atoms with Crippen molar-refractivity contribution in [3.8, 4) is 6.07 Å². The van der Waals surface area contributed by atoms with Crippen molar-refractivity contribution in [1.29, 1.82) is 5.26 Å². The normalized spacial score (nSPS) is 16.0. The van der Waals surface area contributed by atoms with Gasteiger partial charge in [-0.15, -0.1) is 0 Å². The Labute approximate surface area is 142 Å². The summed E-state index contributed by atoms with van der Waals surface area (Å²) in [5.41, 5.74) is 1.78. The second kappa shape index (κ2) is 8.88. The molecule has 5 nitrogen and oxygen atoms in total. The Morgan fingerprint density at radius 3 is 2.54 bits per heavy atom. The van der Waals surface area contributed by atoms with Crippen molar-refractivity contribution in [2.45, 2.75) is 38.1 Å². The smallest absolute Gasteiger partial charge is 0.251 e. The molecule has 0 saturated heterocycles. The molecule has 0 radical (unpaired) electrons. The molecule has 0 aromatic heterocycles. The first kappa shape index (κ1) is 17.7. The summed E-state index contributed by atoms with van der Waals surface area (Å²) in [5.74, 6) is -0.192. The van der Waals surface area contributed by atoms with Crippen LogP contribution in [0.15, 0.2) is 42.5 Å². The lowest BCUT2D eigenvalue weighted by Gasteiger charge is -2.27. The van der Waals surface area contributed by atoms with Gasteiger partial charge in [0.1, 0.15) is 12.6 Å². The second-order valence-corrected chi connectivity index (χ2v) is 6.20. The molecule has 24 heavy (non-hydrogen) atoms. The summed E-state index contributed by atoms with van der Waals surface area (Å²) in [4.78, 5) is 24.7. The average molecular weight is 325 g/mol. The summed E-state index contributed by atoms with van der Waals surface area (Å²) in [5, 5.41) is 14.0. The number of hydrogen-bond donors (Lipinski definition) is 2. The molecule has 5 heteroatoms. The first-order valence-electron chi connectivity index (χ1n) is 8.27. The molecule has 2 rings (SSSR count). The van der Waals surface area contributed by atoms with E-state index in [0.29, 0.717) is 17.9 Å². The predicted molar refractivity (Wildman–Crippen MR) is 92.0 cm³/mol. The maximum Gasteiger partial charge on any atom is 0.251 e. The highest BCUT2D eigenvalue weighted by atomic mass is 16.2. The van der Waals surface area contributed by atoms with Gasteiger partial charge in [-0.25, -0.2) is 0 Å². The zero-order valence-electron chi connectivity index (χ0n) is 13.8. The molecule has 1 aromatic carbocycles. The highest BCUT2D eigenvalue weighted by Crippen LogP contribution is 2.30. The first-order valence-corrected chi connectivity index (χ1v) is 8.27. The molecule has 1 atom stereocenters. The minimum Gasteiger partial charge on any atom is -0.341 e. The van der Waals surface area contributed by atoms with E-state index in [4.69, 9.17) is 5.26 Å². The molecule has 2 amide bonds. The van der Waals surface area contributed by atoms with Crippen LogP contribution in [0.4, 0.5) is 0 Å². The zero-order valence-corrected chi connectivity index (χ0v) is 13.8. The monoisotopic (exact) mass is 325 g/mol. The van der Waals surface area contributed by atoms with Crippen molar-refractivity contribution in [3.63, 3.8) is 0 Å². The van der Waals surface area contributed by atoms with Gasteiger partial charge in [-0.05, 0) is 50.2 Å². The van der Waals surface area contributed by atoms with Crippen LogP contribution in [-0.4, -0.2) is 24.4 Å². The van der Waals surface area contributed by atoms with E-state index in [1.165, 1.54) is 5.57 Å². The van der Waals surface area contributed by atoms with Gasteiger partial charge in [0.15, 0.2) is 0 Å². The first-order chi connectivity index (χ1) is 11.6. The van der Waals surface area contributed by atoms with Crippen molar-refractivity contribution in [2.75, 3.05) is 6.54 Å². The van der Waals surface area contributed by atoms with E-state index in [2.05, 4.69) is 17.2 Å². The number of carbonyl (C=O) groups excluding carboxylic acids is 2. The molecule has 1 aliphatic rings. The van der Waals surface area contributed by atoms with E-state index in [0.717, 1.165) is 25.7 Å². The van der Waals surface area contributed by atoms with Gasteiger partial charge < -0.3 is 10.6 Å². The molecular formula is C19H23N3O2. The van der Waals surface area contributed by atoms with E-state index in [9.17, 15) is 9.59 Å². The Kier molecular flexibility index (Phi) is 6.56. The molecule has 2 N–H and O–H groups in total. The lowest BCUT2D eigenvalue weighted by Crippen LogP contribution is -2.48. The number of hydrogen-bond acceptors (Lipinski definition) is 3. The van der Waals surface area contributed by atoms with Crippen molar-refractivity contribution < 1.29 is 9.59 Å². The fourth-order valence-electron chi connectivity index (χ4n) is 2.97. The van der Waals surface area contributed by atoms with Crippen molar-refractivity contribution in [2.24, 2.45) is 5.92 Å². The van der Waals surface area contributed by atoms with Gasteiger partial charge in [-0.2, -0.15) is 5.26 Å². The number of nitrogens with zero attached hydrogens (tertiary/aromatic N) is 1. The molecule has 1 saturated carbocycles. The fraction of sp³-hybridized carbons (Fsp3) is 0.421. The van der Waals surface area contributed by atoms with Crippen LogP contribution < -0.4 is 10.6 Å². The largest absolute Gasteiger partial charge is 0.341 e. The number of benzene rings is 1. The van der Waals surface area contributed by atoms with Crippen LogP contribution in [0, 0.1) is 17.2 Å². The third-order valence-corrected chi connectivity index (χ3v) is 4.38. The minimum absolute atomic E-state index is 0.0575. The predicted octanol–water partition coefficient (Wildman–Crippen LogP) is 2.56. The van der Waals surface area contributed by atoms with Gasteiger partial charge in [0.05, 0.1) is 6.07 Å². The number of rotatable bonds is 6. The quantitative estimate of drug-likeness (QED) is 0.623. The molecule has 1 fully saturated rings. The molecule has 126 valence electrons. The van der Waals surface area contributed by atoms with Gasteiger partial charge in [-0.3, -0.25) is 9.59 Å². The molecular weight excluding hydrogens is 302 g/mol. The van der Waals surface area contributed by atoms with Crippen LogP contribution in [-0.2, 0) is 4.79 Å². The molecule has 0 aliphatic heterocycles. The maximum absolute atomic E-state index is 12.4. The number of amides is 2. The highest BCUT2D eigenvalue weighted by molar-refractivity contribution is 5.97. The van der Waals surface area contributed by atoms with E-state index in [-0.39, 0.29) is 18.4 Å². The Balaban J connectivity index is 2.02. The van der Waals surface area contributed by atoms with Gasteiger partial charge in [0.25, 0.3) is 5.91 Å². The van der Waals surface area contributed by atoms with Crippen molar-refractivity contribution >= 4 is 11.8 Å². The van der Waals surface area contributed by atoms with Crippen LogP contribution in [0.1, 0.15) is 42.5 Å². The number of carbonyl (C=O) groups is 2. The summed E-state index contributed by atoms with van der Waals surface area (Å²) in [6.45, 7) is 3.95. The van der Waals surface area contributed by atoms with Crippen LogP contribution in [0.3, 0.4) is 0 Å². The van der Waals surface area contributed by atoms with Gasteiger partial charge in [0, 0.05) is 5.56 Å². The molecule has 0 bridgehead atoms. The third-order valence-electron chi connectivity index (χ3n) is 4.38. The van der Waals surface area contributed by atoms with E-state index in [1.807, 2.05) is 12.1 Å². The standard InChI is InChI=1S/C19H23N3O2/c1-14-7-9-15(10-8-14)13-17(19(24)21-12-11-20)22-18(23)16-5-3-2-4-6-16/h2-6,15,17H,1,7-10,12-13H2,(H,21,24)(H,22,23)/t17-/m0/s1. The Hall–Kier alpha value is -2.61. The molecule has 0 unspecified atom stereocenters. The van der Waals surface area contributed by atoms with Gasteiger partial charge in [-0.1, -0.05) is 30.4 Å². The van der Waals surface area contributed by atoms with Crippen LogP contribution in [0.5, 0.6) is 0 Å². The Morgan fingerprint density at radius 1 is 1.25 bits per heavy atom. The van der Waals surface area contributed by atoms with Crippen molar-refractivity contribution in [3.05, 3.63) is 48.0 Å². The Bertz CT molecular complexity index is 624. The minimum atomic E-state index is -0.623. The maximum atomic E-state index is 12.4. The number of allylic oxidation sites excluding steroid dienone is 1. The number of nitrogens with one attached hydrogen (secondary N) is 2. The SMILES string of the molecule is C=C1CCC(C[C@H](NC(=O)c2ccccc2)C(=O)NCC#N)CC1. The van der Waals surface area contributed by atoms with Gasteiger partial charge in [0.2, 0.25) is 5.91 Å². The second-order valence-electron chi connectivity index (χ2n) is 6.20. The van der Waals surface area contributed by atoms with E-state index < -0.39 is 6.04 Å². The van der Waals surface area contributed by atoms with E-state index >= 15 is 0 Å². The summed E-state index contributed by atoms with van der Waals surface area (Å²) in [7, 11) is 0. The third kappa shape index (κ3) is 5.24. The van der Waals surface area contributed by atoms with Gasteiger partial charge >= 0.3 is 0 Å². The van der Waals surface area contributed by atoms with E-state index in [1.54, 1.807) is 24.3 Å². The number of nitriles is 1. The summed E-state index contributed by atoms with van der Waals surface area (Å²) in [6.07, 6.45) is 4.51. The topological polar surface area (TPSA) is 82.0 Å². The lowest BCUT2D eigenvalue weighted by molar-refractivity contribution is -0.123. The molecule has 1 aliphatic carbocycles.